The number of hydrogen-bond donors (Lipinski definition) is 2. The van der Waals surface area contributed by atoms with E-state index < -0.39 is 16.1 Å². The topological polar surface area (TPSA) is 75.6 Å². The molecular formula is C21H23NO4S2. The van der Waals surface area contributed by atoms with Gasteiger partial charge in [-0.2, -0.15) is 0 Å². The molecule has 2 aromatic carbocycles. The molecule has 3 rings (SSSR count). The lowest BCUT2D eigenvalue weighted by molar-refractivity contribution is 0.224. The third-order valence-corrected chi connectivity index (χ3v) is 6.82. The van der Waals surface area contributed by atoms with E-state index in [0.717, 1.165) is 26.6 Å². The number of aryl methyl sites for hydroxylation is 1. The summed E-state index contributed by atoms with van der Waals surface area (Å²) in [5.41, 5.74) is 1.76. The quantitative estimate of drug-likeness (QED) is 0.559. The molecule has 148 valence electrons. The highest BCUT2D eigenvalue weighted by Crippen LogP contribution is 2.28. The van der Waals surface area contributed by atoms with E-state index in [4.69, 9.17) is 4.74 Å². The lowest BCUT2D eigenvalue weighted by Gasteiger charge is -2.08. The average molecular weight is 418 g/mol. The minimum Gasteiger partial charge on any atom is -0.497 e. The van der Waals surface area contributed by atoms with Gasteiger partial charge < -0.3 is 9.84 Å². The van der Waals surface area contributed by atoms with Gasteiger partial charge >= 0.3 is 0 Å². The highest BCUT2D eigenvalue weighted by molar-refractivity contribution is 7.89. The SMILES string of the molecule is COc1ccc(CCS(=O)(=O)NCc2ccc(C(O)c3ccccc3)s2)cc1. The van der Waals surface area contributed by atoms with Crippen LogP contribution in [-0.4, -0.2) is 26.4 Å². The largest absolute Gasteiger partial charge is 0.497 e. The first-order valence-electron chi connectivity index (χ1n) is 8.89. The summed E-state index contributed by atoms with van der Waals surface area (Å²) in [7, 11) is -1.80. The van der Waals surface area contributed by atoms with E-state index in [2.05, 4.69) is 4.72 Å². The van der Waals surface area contributed by atoms with Crippen LogP contribution in [0, 0.1) is 0 Å². The number of ether oxygens (including phenoxy) is 1. The van der Waals surface area contributed by atoms with Crippen LogP contribution in [0.4, 0.5) is 0 Å². The molecule has 28 heavy (non-hydrogen) atoms. The summed E-state index contributed by atoms with van der Waals surface area (Å²) in [6.45, 7) is 0.219. The molecule has 1 aromatic heterocycles. The standard InChI is InChI=1S/C21H23NO4S2/c1-26-18-9-7-16(8-10-18)13-14-28(24,25)22-15-19-11-12-20(27-19)21(23)17-5-3-2-4-6-17/h2-12,21-23H,13-15H2,1H3. The molecule has 1 atom stereocenters. The molecule has 1 heterocycles. The Morgan fingerprint density at radius 2 is 1.75 bits per heavy atom. The molecule has 0 spiro atoms. The zero-order valence-corrected chi connectivity index (χ0v) is 17.2. The van der Waals surface area contributed by atoms with Crippen molar-refractivity contribution in [3.63, 3.8) is 0 Å². The van der Waals surface area contributed by atoms with E-state index in [9.17, 15) is 13.5 Å². The average Bonchev–Trinajstić information content (AvgIpc) is 3.20. The molecule has 7 heteroatoms. The molecular weight excluding hydrogens is 394 g/mol. The number of aliphatic hydroxyl groups excluding tert-OH is 1. The Morgan fingerprint density at radius 1 is 1.04 bits per heavy atom. The van der Waals surface area contributed by atoms with Crippen molar-refractivity contribution in [1.82, 2.24) is 4.72 Å². The van der Waals surface area contributed by atoms with E-state index in [-0.39, 0.29) is 12.3 Å². The van der Waals surface area contributed by atoms with Crippen molar-refractivity contribution >= 4 is 21.4 Å². The predicted molar refractivity (Wildman–Crippen MR) is 112 cm³/mol. The fourth-order valence-corrected chi connectivity index (χ4v) is 4.82. The van der Waals surface area contributed by atoms with Crippen molar-refractivity contribution < 1.29 is 18.3 Å². The highest BCUT2D eigenvalue weighted by Gasteiger charge is 2.15. The molecule has 3 aromatic rings. The van der Waals surface area contributed by atoms with Gasteiger partial charge in [-0.3, -0.25) is 0 Å². The van der Waals surface area contributed by atoms with Gasteiger partial charge in [-0.25, -0.2) is 13.1 Å². The number of methoxy groups -OCH3 is 1. The smallest absolute Gasteiger partial charge is 0.212 e. The molecule has 0 aliphatic heterocycles. The molecule has 0 bridgehead atoms. The first kappa shape index (κ1) is 20.5. The number of hydrogen-bond acceptors (Lipinski definition) is 5. The molecule has 0 fully saturated rings. The van der Waals surface area contributed by atoms with Gasteiger partial charge in [0, 0.05) is 16.3 Å². The third-order valence-electron chi connectivity index (χ3n) is 4.35. The zero-order chi connectivity index (χ0) is 20.0. The molecule has 1 unspecified atom stereocenters. The Kier molecular flexibility index (Phi) is 6.85. The number of thiophene rings is 1. The Labute approximate surface area is 169 Å². The maximum Gasteiger partial charge on any atom is 0.212 e. The second kappa shape index (κ2) is 9.34. The molecule has 5 nitrogen and oxygen atoms in total. The van der Waals surface area contributed by atoms with E-state index in [1.54, 1.807) is 7.11 Å². The van der Waals surface area contributed by atoms with E-state index in [1.807, 2.05) is 66.7 Å². The van der Waals surface area contributed by atoms with Crippen LogP contribution < -0.4 is 9.46 Å². The number of nitrogens with one attached hydrogen (secondary N) is 1. The van der Waals surface area contributed by atoms with Gasteiger partial charge in [-0.05, 0) is 41.8 Å². The molecule has 0 saturated heterocycles. The van der Waals surface area contributed by atoms with Crippen LogP contribution in [0.2, 0.25) is 0 Å². The lowest BCUT2D eigenvalue weighted by atomic mass is 10.1. The predicted octanol–water partition coefficient (Wildman–Crippen LogP) is 3.50. The van der Waals surface area contributed by atoms with Gasteiger partial charge in [0.15, 0.2) is 0 Å². The van der Waals surface area contributed by atoms with Gasteiger partial charge in [-0.1, -0.05) is 42.5 Å². The summed E-state index contributed by atoms with van der Waals surface area (Å²) in [5.74, 6) is 0.764. The molecule has 0 aliphatic rings. The summed E-state index contributed by atoms with van der Waals surface area (Å²) in [4.78, 5) is 1.65. The zero-order valence-electron chi connectivity index (χ0n) is 15.5. The van der Waals surface area contributed by atoms with Crippen LogP contribution in [0.5, 0.6) is 5.75 Å². The summed E-state index contributed by atoms with van der Waals surface area (Å²) >= 11 is 1.40. The summed E-state index contributed by atoms with van der Waals surface area (Å²) in [5, 5.41) is 10.4. The van der Waals surface area contributed by atoms with E-state index in [0.29, 0.717) is 6.42 Å². The number of benzene rings is 2. The van der Waals surface area contributed by atoms with Gasteiger partial charge in [0.1, 0.15) is 11.9 Å². The number of sulfonamides is 1. The van der Waals surface area contributed by atoms with Crippen LogP contribution in [0.3, 0.4) is 0 Å². The lowest BCUT2D eigenvalue weighted by Crippen LogP contribution is -2.26. The van der Waals surface area contributed by atoms with E-state index >= 15 is 0 Å². The van der Waals surface area contributed by atoms with Crippen molar-refractivity contribution in [3.8, 4) is 5.75 Å². The molecule has 0 aliphatic carbocycles. The van der Waals surface area contributed by atoms with Crippen LogP contribution in [0.1, 0.15) is 27.0 Å². The summed E-state index contributed by atoms with van der Waals surface area (Å²) < 4.78 is 32.3. The second-order valence-electron chi connectivity index (χ2n) is 6.36. The first-order valence-corrected chi connectivity index (χ1v) is 11.4. The molecule has 0 saturated carbocycles. The monoisotopic (exact) mass is 417 g/mol. The maximum absolute atomic E-state index is 12.3. The third kappa shape index (κ3) is 5.65. The molecule has 0 amide bonds. The number of rotatable bonds is 9. The minimum absolute atomic E-state index is 0.0181. The van der Waals surface area contributed by atoms with Crippen LogP contribution >= 0.6 is 11.3 Å². The minimum atomic E-state index is -3.39. The summed E-state index contributed by atoms with van der Waals surface area (Å²) in [6.07, 6.45) is -0.270. The Hall–Kier alpha value is -2.19. The van der Waals surface area contributed by atoms with Gasteiger partial charge in [-0.15, -0.1) is 11.3 Å². The molecule has 0 radical (unpaired) electrons. The van der Waals surface area contributed by atoms with Crippen molar-refractivity contribution in [2.75, 3.05) is 12.9 Å². The van der Waals surface area contributed by atoms with Crippen LogP contribution in [0.15, 0.2) is 66.7 Å². The second-order valence-corrected chi connectivity index (χ2v) is 9.48. The Bertz CT molecular complexity index is 983. The Balaban J connectivity index is 1.53. The van der Waals surface area contributed by atoms with Crippen LogP contribution in [0.25, 0.3) is 0 Å². The normalized spacial score (nSPS) is 12.6. The van der Waals surface area contributed by atoms with Crippen molar-refractivity contribution in [3.05, 3.63) is 87.6 Å². The van der Waals surface area contributed by atoms with E-state index in [1.165, 1.54) is 11.3 Å². The number of aliphatic hydroxyl groups is 1. The fourth-order valence-electron chi connectivity index (χ4n) is 2.73. The highest BCUT2D eigenvalue weighted by atomic mass is 32.2. The van der Waals surface area contributed by atoms with Gasteiger partial charge in [0.05, 0.1) is 12.9 Å². The van der Waals surface area contributed by atoms with Crippen molar-refractivity contribution in [1.29, 1.82) is 0 Å². The van der Waals surface area contributed by atoms with Crippen molar-refractivity contribution in [2.45, 2.75) is 19.1 Å². The first-order chi connectivity index (χ1) is 13.5. The maximum atomic E-state index is 12.3. The summed E-state index contributed by atoms with van der Waals surface area (Å²) in [6, 6.07) is 20.4. The van der Waals surface area contributed by atoms with Crippen LogP contribution in [-0.2, 0) is 23.0 Å². The van der Waals surface area contributed by atoms with Gasteiger partial charge in [0.25, 0.3) is 0 Å². The van der Waals surface area contributed by atoms with Gasteiger partial charge in [0.2, 0.25) is 10.0 Å². The Morgan fingerprint density at radius 3 is 2.43 bits per heavy atom. The van der Waals surface area contributed by atoms with Crippen molar-refractivity contribution in [2.24, 2.45) is 0 Å². The fraction of sp³-hybridized carbons (Fsp3) is 0.238. The molecule has 2 N–H and O–H groups in total.